The lowest BCUT2D eigenvalue weighted by Crippen LogP contribution is -2.28. The number of aromatic carboxylic acids is 1. The number of rotatable bonds is 7. The van der Waals surface area contributed by atoms with Crippen LogP contribution in [0.1, 0.15) is 55.6 Å². The van der Waals surface area contributed by atoms with Gasteiger partial charge in [-0.2, -0.15) is 0 Å². The van der Waals surface area contributed by atoms with Gasteiger partial charge in [0.2, 0.25) is 0 Å². The van der Waals surface area contributed by atoms with Crippen LogP contribution in [0.5, 0.6) is 5.75 Å². The Labute approximate surface area is 183 Å². The molecule has 1 aliphatic rings. The topological polar surface area (TPSA) is 81.4 Å². The van der Waals surface area contributed by atoms with Crippen molar-refractivity contribution in [2.24, 2.45) is 11.3 Å². The molecule has 0 spiro atoms. The fourth-order valence-electron chi connectivity index (χ4n) is 3.15. The first-order valence-electron chi connectivity index (χ1n) is 9.49. The van der Waals surface area contributed by atoms with Gasteiger partial charge in [-0.05, 0) is 58.2 Å². The van der Waals surface area contributed by atoms with E-state index in [9.17, 15) is 14.7 Å². The molecule has 1 fully saturated rings. The molecule has 0 bridgehead atoms. The summed E-state index contributed by atoms with van der Waals surface area (Å²) in [6.45, 7) is 6.83. The largest absolute Gasteiger partial charge is 0.490 e. The Morgan fingerprint density at radius 1 is 1.45 bits per heavy atom. The molecule has 2 heterocycles. The Balaban J connectivity index is 1.95. The molecule has 1 N–H and O–H groups in total. The molecule has 2 aromatic heterocycles. The van der Waals surface area contributed by atoms with Crippen molar-refractivity contribution in [1.82, 2.24) is 9.55 Å². The van der Waals surface area contributed by atoms with Crippen molar-refractivity contribution < 1.29 is 14.6 Å². The average molecular weight is 484 g/mol. The second-order valence-corrected chi connectivity index (χ2v) is 9.65. The minimum absolute atomic E-state index is 0.128. The summed E-state index contributed by atoms with van der Waals surface area (Å²) < 4.78 is 8.26. The Morgan fingerprint density at radius 2 is 2.14 bits per heavy atom. The van der Waals surface area contributed by atoms with Gasteiger partial charge in [0.1, 0.15) is 10.2 Å². The van der Waals surface area contributed by atoms with Gasteiger partial charge in [-0.1, -0.05) is 32.4 Å². The molecular weight excluding hydrogens is 460 g/mol. The zero-order valence-electron chi connectivity index (χ0n) is 16.6. The summed E-state index contributed by atoms with van der Waals surface area (Å²) in [5, 5.41) is 9.63. The average Bonchev–Trinajstić information content (AvgIpc) is 3.44. The molecular formula is C21H24BrClN2O4. The molecule has 0 saturated heterocycles. The van der Waals surface area contributed by atoms with Crippen LogP contribution < -0.4 is 10.2 Å². The number of aromatic nitrogens is 2. The van der Waals surface area contributed by atoms with E-state index in [1.165, 1.54) is 25.1 Å². The number of carbonyl (C=O) groups is 1. The maximum Gasteiger partial charge on any atom is 0.341 e. The lowest BCUT2D eigenvalue weighted by Gasteiger charge is -2.33. The molecule has 1 unspecified atom stereocenters. The number of carboxylic acids is 1. The van der Waals surface area contributed by atoms with E-state index >= 15 is 0 Å². The highest BCUT2D eigenvalue weighted by Gasteiger charge is 2.29. The summed E-state index contributed by atoms with van der Waals surface area (Å²) in [4.78, 5) is 27.6. The first-order chi connectivity index (χ1) is 13.6. The highest BCUT2D eigenvalue weighted by atomic mass is 79.9. The van der Waals surface area contributed by atoms with Gasteiger partial charge in [0, 0.05) is 24.5 Å². The monoisotopic (exact) mass is 482 g/mol. The van der Waals surface area contributed by atoms with Crippen molar-refractivity contribution >= 4 is 33.5 Å². The van der Waals surface area contributed by atoms with Crippen molar-refractivity contribution in [3.63, 3.8) is 0 Å². The first-order valence-corrected chi connectivity index (χ1v) is 10.7. The van der Waals surface area contributed by atoms with Crippen LogP contribution in [0.2, 0.25) is 5.15 Å². The molecule has 2 aromatic rings. The van der Waals surface area contributed by atoms with Crippen LogP contribution in [0.4, 0.5) is 0 Å². The van der Waals surface area contributed by atoms with Gasteiger partial charge >= 0.3 is 5.97 Å². The van der Waals surface area contributed by atoms with Crippen molar-refractivity contribution in [2.45, 2.75) is 46.1 Å². The second kappa shape index (κ2) is 8.48. The number of nitrogens with zero attached hydrogens (tertiary/aromatic N) is 2. The highest BCUT2D eigenvalue weighted by Crippen LogP contribution is 2.38. The molecule has 1 aliphatic carbocycles. The molecule has 156 valence electrons. The number of hydrogen-bond donors (Lipinski definition) is 1. The van der Waals surface area contributed by atoms with E-state index in [0.717, 1.165) is 5.56 Å². The van der Waals surface area contributed by atoms with E-state index in [2.05, 4.69) is 41.7 Å². The molecule has 0 aliphatic heterocycles. The Hall–Kier alpha value is -1.86. The molecule has 1 atom stereocenters. The van der Waals surface area contributed by atoms with Crippen molar-refractivity contribution in [3.05, 3.63) is 55.6 Å². The fourth-order valence-corrected chi connectivity index (χ4v) is 3.90. The number of halogens is 2. The highest BCUT2D eigenvalue weighted by molar-refractivity contribution is 9.10. The van der Waals surface area contributed by atoms with Gasteiger partial charge in [0.25, 0.3) is 0 Å². The lowest BCUT2D eigenvalue weighted by atomic mass is 9.83. The van der Waals surface area contributed by atoms with Crippen molar-refractivity contribution in [2.75, 3.05) is 6.61 Å². The second-order valence-electron chi connectivity index (χ2n) is 8.54. The Kier molecular flexibility index (Phi) is 6.39. The molecule has 29 heavy (non-hydrogen) atoms. The van der Waals surface area contributed by atoms with Crippen LogP contribution in [-0.2, 0) is 6.42 Å². The smallest absolute Gasteiger partial charge is 0.341 e. The van der Waals surface area contributed by atoms with Crippen LogP contribution in [-0.4, -0.2) is 27.2 Å². The lowest BCUT2D eigenvalue weighted by molar-refractivity contribution is 0.0693. The molecule has 0 radical (unpaired) electrons. The van der Waals surface area contributed by atoms with E-state index in [0.29, 0.717) is 34.5 Å². The van der Waals surface area contributed by atoms with Crippen LogP contribution in [0.3, 0.4) is 0 Å². The summed E-state index contributed by atoms with van der Waals surface area (Å²) in [7, 11) is 0. The number of hydrogen-bond acceptors (Lipinski definition) is 4. The summed E-state index contributed by atoms with van der Waals surface area (Å²) in [6, 6.07) is 3.06. The van der Waals surface area contributed by atoms with Crippen molar-refractivity contribution in [1.29, 1.82) is 0 Å². The van der Waals surface area contributed by atoms with Gasteiger partial charge in [-0.3, -0.25) is 4.79 Å². The fraction of sp³-hybridized carbons (Fsp3) is 0.476. The van der Waals surface area contributed by atoms with Crippen LogP contribution in [0.15, 0.2) is 33.9 Å². The standard InChI is InChI=1S/C21H24BrClN2O4/c1-21(2,3)17(25-7-6-15(26)14(10-25)20(27)28)9-13-8-16(19(23)24-18(13)22)29-11-12-4-5-12/h6-8,10,12,17H,4-5,9,11H2,1-3H3,(H,27,28). The summed E-state index contributed by atoms with van der Waals surface area (Å²) in [6.07, 6.45) is 5.95. The molecule has 3 rings (SSSR count). The Morgan fingerprint density at radius 3 is 2.72 bits per heavy atom. The Bertz CT molecular complexity index is 980. The molecule has 1 saturated carbocycles. The zero-order valence-corrected chi connectivity index (χ0v) is 19.0. The van der Waals surface area contributed by atoms with E-state index in [1.54, 1.807) is 10.8 Å². The first kappa shape index (κ1) is 21.8. The molecule has 0 aromatic carbocycles. The van der Waals surface area contributed by atoms with Gasteiger partial charge in [0.05, 0.1) is 6.61 Å². The predicted molar refractivity (Wildman–Crippen MR) is 115 cm³/mol. The molecule has 8 heteroatoms. The van der Waals surface area contributed by atoms with Crippen LogP contribution >= 0.6 is 27.5 Å². The van der Waals surface area contributed by atoms with E-state index in [1.807, 2.05) is 6.07 Å². The number of ether oxygens (including phenoxy) is 1. The maximum atomic E-state index is 11.9. The van der Waals surface area contributed by atoms with Gasteiger partial charge in [-0.25, -0.2) is 9.78 Å². The van der Waals surface area contributed by atoms with Gasteiger partial charge in [-0.15, -0.1) is 0 Å². The molecule has 6 nitrogen and oxygen atoms in total. The summed E-state index contributed by atoms with van der Waals surface area (Å²) in [5.41, 5.74) is -0.0791. The number of pyridine rings is 2. The van der Waals surface area contributed by atoms with Gasteiger partial charge < -0.3 is 14.4 Å². The van der Waals surface area contributed by atoms with Crippen LogP contribution in [0.25, 0.3) is 0 Å². The zero-order chi connectivity index (χ0) is 21.3. The van der Waals surface area contributed by atoms with E-state index < -0.39 is 11.4 Å². The van der Waals surface area contributed by atoms with E-state index in [4.69, 9.17) is 16.3 Å². The third kappa shape index (κ3) is 5.39. The third-order valence-electron chi connectivity index (χ3n) is 5.09. The summed E-state index contributed by atoms with van der Waals surface area (Å²) >= 11 is 9.74. The molecule has 0 amide bonds. The minimum Gasteiger partial charge on any atom is -0.490 e. The number of carboxylic acid groups (broad SMARTS) is 1. The minimum atomic E-state index is -1.23. The maximum absolute atomic E-state index is 11.9. The van der Waals surface area contributed by atoms with Crippen LogP contribution in [0, 0.1) is 11.3 Å². The quantitative estimate of drug-likeness (QED) is 0.562. The van der Waals surface area contributed by atoms with Crippen molar-refractivity contribution in [3.8, 4) is 5.75 Å². The SMILES string of the molecule is CC(C)(C)C(Cc1cc(OCC2CC2)c(Cl)nc1Br)n1ccc(=O)c(C(=O)O)c1. The normalized spacial score (nSPS) is 15.2. The summed E-state index contributed by atoms with van der Waals surface area (Å²) in [5.74, 6) is -0.0891. The predicted octanol–water partition coefficient (Wildman–Crippen LogP) is 4.98. The van der Waals surface area contributed by atoms with E-state index in [-0.39, 0.29) is 17.0 Å². The van der Waals surface area contributed by atoms with Gasteiger partial charge in [0.15, 0.2) is 16.3 Å². The third-order valence-corrected chi connectivity index (χ3v) is 6.04.